The van der Waals surface area contributed by atoms with Gasteiger partial charge in [-0.2, -0.15) is 0 Å². The predicted octanol–water partition coefficient (Wildman–Crippen LogP) is 4.48. The molecule has 1 N–H and O–H groups in total. The summed E-state index contributed by atoms with van der Waals surface area (Å²) in [5.41, 5.74) is 1.04. The third kappa shape index (κ3) is 6.84. The van der Waals surface area contributed by atoms with Gasteiger partial charge >= 0.3 is 0 Å². The number of hydrogen-bond acceptors (Lipinski definition) is 1. The van der Waals surface area contributed by atoms with E-state index >= 15 is 0 Å². The monoisotopic (exact) mass is 301 g/mol. The first-order valence-electron chi connectivity index (χ1n) is 6.73. The molecule has 106 valence electrons. The Labute approximate surface area is 125 Å². The number of hydrogen-bond donors (Lipinski definition) is 1. The summed E-state index contributed by atoms with van der Waals surface area (Å²) in [4.78, 5) is 11.7. The van der Waals surface area contributed by atoms with Crippen molar-refractivity contribution in [2.75, 3.05) is 6.54 Å². The summed E-state index contributed by atoms with van der Waals surface area (Å²) in [6.45, 7) is 4.87. The highest BCUT2D eigenvalue weighted by atomic mass is 35.5. The summed E-state index contributed by atoms with van der Waals surface area (Å²) < 4.78 is 0. The van der Waals surface area contributed by atoms with Crippen LogP contribution in [0.25, 0.3) is 0 Å². The van der Waals surface area contributed by atoms with Crippen LogP contribution in [0.3, 0.4) is 0 Å². The molecule has 0 saturated carbocycles. The number of carbonyl (C=O) groups excluding carboxylic acids is 1. The minimum Gasteiger partial charge on any atom is -0.356 e. The molecular formula is C15H21Cl2NO. The van der Waals surface area contributed by atoms with Crippen LogP contribution in [0.1, 0.15) is 38.7 Å². The third-order valence-corrected chi connectivity index (χ3v) is 3.41. The summed E-state index contributed by atoms with van der Waals surface area (Å²) in [7, 11) is 0. The summed E-state index contributed by atoms with van der Waals surface area (Å²) in [5, 5.41) is 4.19. The number of halogens is 2. The Balaban J connectivity index is 2.31. The molecule has 0 radical (unpaired) electrons. The largest absolute Gasteiger partial charge is 0.356 e. The minimum absolute atomic E-state index is 0.120. The lowest BCUT2D eigenvalue weighted by molar-refractivity contribution is -0.121. The maximum absolute atomic E-state index is 11.7. The number of rotatable bonds is 7. The first-order valence-corrected chi connectivity index (χ1v) is 7.48. The molecule has 4 heteroatoms. The molecule has 0 bridgehead atoms. The minimum atomic E-state index is 0.120. The zero-order chi connectivity index (χ0) is 14.3. The van der Waals surface area contributed by atoms with Gasteiger partial charge in [0.25, 0.3) is 0 Å². The lowest BCUT2D eigenvalue weighted by atomic mass is 10.0. The second-order valence-corrected chi connectivity index (χ2v) is 5.85. The van der Waals surface area contributed by atoms with Crippen LogP contribution < -0.4 is 5.32 Å². The lowest BCUT2D eigenvalue weighted by Crippen LogP contribution is -2.27. The molecule has 1 atom stereocenters. The van der Waals surface area contributed by atoms with Gasteiger partial charge in [-0.3, -0.25) is 4.79 Å². The fourth-order valence-electron chi connectivity index (χ4n) is 2.09. The highest BCUT2D eigenvalue weighted by Crippen LogP contribution is 2.19. The number of amides is 1. The second-order valence-electron chi connectivity index (χ2n) is 4.98. The molecule has 0 heterocycles. The molecule has 2 nitrogen and oxygen atoms in total. The van der Waals surface area contributed by atoms with E-state index in [4.69, 9.17) is 23.2 Å². The SMILES string of the molecule is CCCC(C)CC(=O)NCCc1cc(Cl)cc(Cl)c1. The van der Waals surface area contributed by atoms with Crippen LogP contribution in [0, 0.1) is 5.92 Å². The van der Waals surface area contributed by atoms with E-state index in [1.54, 1.807) is 6.07 Å². The van der Waals surface area contributed by atoms with Crippen LogP contribution >= 0.6 is 23.2 Å². The highest BCUT2D eigenvalue weighted by molar-refractivity contribution is 6.34. The molecular weight excluding hydrogens is 281 g/mol. The van der Waals surface area contributed by atoms with E-state index in [0.717, 1.165) is 24.8 Å². The van der Waals surface area contributed by atoms with Crippen LogP contribution in [-0.4, -0.2) is 12.5 Å². The van der Waals surface area contributed by atoms with Crippen molar-refractivity contribution < 1.29 is 4.79 Å². The summed E-state index contributed by atoms with van der Waals surface area (Å²) in [6, 6.07) is 5.45. The molecule has 19 heavy (non-hydrogen) atoms. The van der Waals surface area contributed by atoms with Gasteiger partial charge in [0.15, 0.2) is 0 Å². The van der Waals surface area contributed by atoms with E-state index in [-0.39, 0.29) is 5.91 Å². The molecule has 0 aromatic heterocycles. The Bertz CT molecular complexity index is 400. The van der Waals surface area contributed by atoms with Gasteiger partial charge in [-0.1, -0.05) is 49.9 Å². The van der Waals surface area contributed by atoms with E-state index < -0.39 is 0 Å². The van der Waals surface area contributed by atoms with E-state index in [0.29, 0.717) is 28.9 Å². The lowest BCUT2D eigenvalue weighted by Gasteiger charge is -2.10. The van der Waals surface area contributed by atoms with Crippen LogP contribution in [0.15, 0.2) is 18.2 Å². The molecule has 0 aliphatic rings. The van der Waals surface area contributed by atoms with Crippen molar-refractivity contribution in [1.29, 1.82) is 0 Å². The van der Waals surface area contributed by atoms with E-state index in [1.807, 2.05) is 12.1 Å². The molecule has 0 spiro atoms. The van der Waals surface area contributed by atoms with Gasteiger partial charge < -0.3 is 5.32 Å². The van der Waals surface area contributed by atoms with E-state index in [2.05, 4.69) is 19.2 Å². The first-order chi connectivity index (χ1) is 9.01. The third-order valence-electron chi connectivity index (χ3n) is 2.97. The smallest absolute Gasteiger partial charge is 0.220 e. The first kappa shape index (κ1) is 16.3. The predicted molar refractivity (Wildman–Crippen MR) is 81.9 cm³/mol. The summed E-state index contributed by atoms with van der Waals surface area (Å²) >= 11 is 11.8. The molecule has 1 rings (SSSR count). The average molecular weight is 302 g/mol. The van der Waals surface area contributed by atoms with Gasteiger partial charge in [0.2, 0.25) is 5.91 Å². The summed E-state index contributed by atoms with van der Waals surface area (Å²) in [5.74, 6) is 0.569. The van der Waals surface area contributed by atoms with Gasteiger partial charge in [-0.15, -0.1) is 0 Å². The van der Waals surface area contributed by atoms with Crippen molar-refractivity contribution in [2.45, 2.75) is 39.5 Å². The van der Waals surface area contributed by atoms with Gasteiger partial charge in [0.1, 0.15) is 0 Å². The van der Waals surface area contributed by atoms with Crippen molar-refractivity contribution >= 4 is 29.1 Å². The van der Waals surface area contributed by atoms with E-state index in [9.17, 15) is 4.79 Å². The van der Waals surface area contributed by atoms with Crippen LogP contribution in [0.4, 0.5) is 0 Å². The Morgan fingerprint density at radius 2 is 1.89 bits per heavy atom. The topological polar surface area (TPSA) is 29.1 Å². The fourth-order valence-corrected chi connectivity index (χ4v) is 2.66. The Hall–Kier alpha value is -0.730. The van der Waals surface area contributed by atoms with Crippen LogP contribution in [-0.2, 0) is 11.2 Å². The fraction of sp³-hybridized carbons (Fsp3) is 0.533. The second kappa shape index (κ2) is 8.44. The van der Waals surface area contributed by atoms with Crippen molar-refractivity contribution in [3.8, 4) is 0 Å². The zero-order valence-corrected chi connectivity index (χ0v) is 13.0. The molecule has 0 aliphatic heterocycles. The number of carbonyl (C=O) groups is 1. The summed E-state index contributed by atoms with van der Waals surface area (Å²) in [6.07, 6.45) is 3.56. The number of benzene rings is 1. The Kier molecular flexibility index (Phi) is 7.25. The standard InChI is InChI=1S/C15H21Cl2NO/c1-3-4-11(2)7-15(19)18-6-5-12-8-13(16)10-14(17)9-12/h8-11H,3-7H2,1-2H3,(H,18,19). The normalized spacial score (nSPS) is 12.2. The molecule has 1 unspecified atom stereocenters. The quantitative estimate of drug-likeness (QED) is 0.790. The molecule has 1 aromatic carbocycles. The van der Waals surface area contributed by atoms with Crippen molar-refractivity contribution in [3.05, 3.63) is 33.8 Å². The van der Waals surface area contributed by atoms with Gasteiger partial charge in [0, 0.05) is 23.0 Å². The molecule has 0 saturated heterocycles. The van der Waals surface area contributed by atoms with Gasteiger partial charge in [-0.05, 0) is 36.1 Å². The molecule has 1 aromatic rings. The van der Waals surface area contributed by atoms with Crippen LogP contribution in [0.2, 0.25) is 10.0 Å². The average Bonchev–Trinajstić information content (AvgIpc) is 2.27. The molecule has 1 amide bonds. The Morgan fingerprint density at radius 1 is 1.26 bits per heavy atom. The van der Waals surface area contributed by atoms with Crippen LogP contribution in [0.5, 0.6) is 0 Å². The molecule has 0 aliphatic carbocycles. The van der Waals surface area contributed by atoms with Gasteiger partial charge in [-0.25, -0.2) is 0 Å². The maximum atomic E-state index is 11.7. The van der Waals surface area contributed by atoms with Crippen molar-refractivity contribution in [3.63, 3.8) is 0 Å². The van der Waals surface area contributed by atoms with Crippen molar-refractivity contribution in [2.24, 2.45) is 5.92 Å². The maximum Gasteiger partial charge on any atom is 0.220 e. The van der Waals surface area contributed by atoms with Gasteiger partial charge in [0.05, 0.1) is 0 Å². The van der Waals surface area contributed by atoms with Crippen molar-refractivity contribution in [1.82, 2.24) is 5.32 Å². The molecule has 0 fully saturated rings. The Morgan fingerprint density at radius 3 is 2.47 bits per heavy atom. The zero-order valence-electron chi connectivity index (χ0n) is 11.5. The highest BCUT2D eigenvalue weighted by Gasteiger charge is 2.07. The van der Waals surface area contributed by atoms with E-state index in [1.165, 1.54) is 0 Å². The number of nitrogens with one attached hydrogen (secondary N) is 1.